The van der Waals surface area contributed by atoms with E-state index in [1.807, 2.05) is 6.92 Å². The number of hydrogen-bond donors (Lipinski definition) is 1. The number of benzene rings is 2. The van der Waals surface area contributed by atoms with Gasteiger partial charge in [-0.15, -0.1) is 0 Å². The number of nitrogens with one attached hydrogen (secondary N) is 1. The van der Waals surface area contributed by atoms with Crippen molar-refractivity contribution in [3.63, 3.8) is 0 Å². The number of ether oxygens (including phenoxy) is 1. The van der Waals surface area contributed by atoms with Crippen LogP contribution >= 0.6 is 11.6 Å². The van der Waals surface area contributed by atoms with Gasteiger partial charge in [-0.1, -0.05) is 11.6 Å². The molecule has 9 heteroatoms. The topological polar surface area (TPSA) is 96.0 Å². The van der Waals surface area contributed by atoms with Crippen LogP contribution in [0, 0.1) is 18.8 Å². The van der Waals surface area contributed by atoms with Gasteiger partial charge in [0.1, 0.15) is 11.3 Å². The zero-order chi connectivity index (χ0) is 23.9. The fraction of sp³-hybridized carbons (Fsp3) is 0.360. The summed E-state index contributed by atoms with van der Waals surface area (Å²) < 4.78 is 5.07. The summed E-state index contributed by atoms with van der Waals surface area (Å²) >= 11 is 6.41. The van der Waals surface area contributed by atoms with Gasteiger partial charge in [0.2, 0.25) is 17.7 Å². The minimum absolute atomic E-state index is 0.206. The highest BCUT2D eigenvalue weighted by Gasteiger charge is 2.74. The van der Waals surface area contributed by atoms with E-state index in [1.54, 1.807) is 36.4 Å². The third-order valence-corrected chi connectivity index (χ3v) is 7.84. The van der Waals surface area contributed by atoms with Gasteiger partial charge in [-0.3, -0.25) is 24.1 Å². The Bertz CT molecular complexity index is 1290. The number of amides is 3. The number of carbonyl (C=O) groups is 4. The maximum absolute atomic E-state index is 14.0. The summed E-state index contributed by atoms with van der Waals surface area (Å²) in [4.78, 5) is 55.9. The summed E-state index contributed by atoms with van der Waals surface area (Å²) in [6.45, 7) is 3.80. The molecule has 3 saturated heterocycles. The highest BCUT2D eigenvalue weighted by atomic mass is 35.5. The van der Waals surface area contributed by atoms with Gasteiger partial charge in [0.15, 0.2) is 0 Å². The Morgan fingerprint density at radius 2 is 1.88 bits per heavy atom. The van der Waals surface area contributed by atoms with E-state index in [1.165, 1.54) is 11.8 Å². The number of nitrogens with zero attached hydrogens (tertiary/aromatic N) is 2. The predicted molar refractivity (Wildman–Crippen MR) is 123 cm³/mol. The number of rotatable bonds is 2. The van der Waals surface area contributed by atoms with Crippen LogP contribution in [-0.4, -0.2) is 41.2 Å². The summed E-state index contributed by atoms with van der Waals surface area (Å²) in [5.74, 6) is -2.59. The summed E-state index contributed by atoms with van der Waals surface area (Å²) in [5.41, 5.74) is 1.29. The molecule has 2 aromatic carbocycles. The molecule has 0 unspecified atom stereocenters. The van der Waals surface area contributed by atoms with Crippen LogP contribution in [0.1, 0.15) is 30.9 Å². The molecule has 6 rings (SSSR count). The average molecular weight is 480 g/mol. The van der Waals surface area contributed by atoms with Crippen molar-refractivity contribution in [1.82, 2.24) is 4.90 Å². The van der Waals surface area contributed by atoms with Gasteiger partial charge in [0.25, 0.3) is 0 Å². The first-order valence-electron chi connectivity index (χ1n) is 11.3. The lowest BCUT2D eigenvalue weighted by Gasteiger charge is -2.36. The standard InChI is InChI=1S/C25H22ClN3O5/c1-12-10-14(26)11-17-21(12)27-24(33)25(17)20-19(18-4-3-9-28(18)25)22(31)29(23(20)32)15-5-7-16(8-6-15)34-13(2)30/h5-8,10-11,18-20H,3-4,9H2,1-2H3,(H,27,33)/t18-,19-,20-,25+/m1/s1. The minimum Gasteiger partial charge on any atom is -0.427 e. The summed E-state index contributed by atoms with van der Waals surface area (Å²) in [7, 11) is 0. The second-order valence-electron chi connectivity index (χ2n) is 9.37. The van der Waals surface area contributed by atoms with Gasteiger partial charge in [-0.05, 0) is 68.3 Å². The molecule has 1 N–H and O–H groups in total. The van der Waals surface area contributed by atoms with Crippen molar-refractivity contribution in [2.45, 2.75) is 38.3 Å². The second kappa shape index (κ2) is 7.13. The largest absolute Gasteiger partial charge is 0.427 e. The molecule has 1 spiro atoms. The highest BCUT2D eigenvalue weighted by molar-refractivity contribution is 6.31. The quantitative estimate of drug-likeness (QED) is 0.404. The lowest BCUT2D eigenvalue weighted by atomic mass is 9.75. The number of aryl methyl sites for hydroxylation is 1. The van der Waals surface area contributed by atoms with Gasteiger partial charge in [-0.25, -0.2) is 4.90 Å². The van der Waals surface area contributed by atoms with Crippen LogP contribution in [0.5, 0.6) is 5.75 Å². The average Bonchev–Trinajstić information content (AvgIpc) is 3.48. The summed E-state index contributed by atoms with van der Waals surface area (Å²) in [5, 5.41) is 3.48. The van der Waals surface area contributed by atoms with Crippen LogP contribution in [0.4, 0.5) is 11.4 Å². The monoisotopic (exact) mass is 479 g/mol. The SMILES string of the molecule is CC(=O)Oc1ccc(N2C(=O)[C@@H]3[C@H]4CCCN4[C@]4(C(=O)Nc5c(C)cc(Cl)cc54)[C@H]3C2=O)cc1. The number of hydrogen-bond acceptors (Lipinski definition) is 6. The van der Waals surface area contributed by atoms with E-state index in [9.17, 15) is 19.2 Å². The van der Waals surface area contributed by atoms with Crippen molar-refractivity contribution in [1.29, 1.82) is 0 Å². The van der Waals surface area contributed by atoms with E-state index < -0.39 is 29.3 Å². The zero-order valence-corrected chi connectivity index (χ0v) is 19.4. The van der Waals surface area contributed by atoms with E-state index in [0.29, 0.717) is 34.3 Å². The maximum atomic E-state index is 14.0. The first kappa shape index (κ1) is 21.3. The molecule has 4 heterocycles. The molecule has 0 bridgehead atoms. The molecular formula is C25H22ClN3O5. The predicted octanol–water partition coefficient (Wildman–Crippen LogP) is 3.00. The van der Waals surface area contributed by atoms with Gasteiger partial charge in [0.05, 0.1) is 17.5 Å². The molecule has 4 aliphatic heterocycles. The van der Waals surface area contributed by atoms with Crippen molar-refractivity contribution >= 4 is 46.7 Å². The first-order chi connectivity index (χ1) is 16.2. The third kappa shape index (κ3) is 2.58. The Morgan fingerprint density at radius 3 is 2.59 bits per heavy atom. The number of carbonyl (C=O) groups excluding carboxylic acids is 4. The van der Waals surface area contributed by atoms with Gasteiger partial charge in [0, 0.05) is 29.2 Å². The van der Waals surface area contributed by atoms with Crippen LogP contribution in [0.2, 0.25) is 5.02 Å². The number of halogens is 1. The lowest BCUT2D eigenvalue weighted by molar-refractivity contribution is -0.135. The van der Waals surface area contributed by atoms with E-state index in [4.69, 9.17) is 16.3 Å². The van der Waals surface area contributed by atoms with Crippen molar-refractivity contribution in [2.24, 2.45) is 11.8 Å². The number of anilines is 2. The van der Waals surface area contributed by atoms with Gasteiger partial charge >= 0.3 is 5.97 Å². The molecule has 2 aromatic rings. The third-order valence-electron chi connectivity index (χ3n) is 7.62. The molecule has 0 saturated carbocycles. The van der Waals surface area contributed by atoms with Crippen LogP contribution in [0.25, 0.3) is 0 Å². The smallest absolute Gasteiger partial charge is 0.308 e. The number of imide groups is 1. The van der Waals surface area contributed by atoms with E-state index in [-0.39, 0.29) is 17.9 Å². The summed E-state index contributed by atoms with van der Waals surface area (Å²) in [6.07, 6.45) is 1.58. The molecule has 0 aromatic heterocycles. The molecule has 3 fully saturated rings. The van der Waals surface area contributed by atoms with E-state index >= 15 is 0 Å². The van der Waals surface area contributed by atoms with E-state index in [2.05, 4.69) is 10.2 Å². The normalized spacial score (nSPS) is 29.4. The molecule has 174 valence electrons. The van der Waals surface area contributed by atoms with Crippen molar-refractivity contribution in [3.8, 4) is 5.75 Å². The summed E-state index contributed by atoms with van der Waals surface area (Å²) in [6, 6.07) is 9.59. The second-order valence-corrected chi connectivity index (χ2v) is 9.81. The Kier molecular flexibility index (Phi) is 4.47. The molecule has 3 amide bonds. The Morgan fingerprint density at radius 1 is 1.15 bits per heavy atom. The van der Waals surface area contributed by atoms with E-state index in [0.717, 1.165) is 18.4 Å². The van der Waals surface area contributed by atoms with Crippen molar-refractivity contribution in [3.05, 3.63) is 52.5 Å². The zero-order valence-electron chi connectivity index (χ0n) is 18.6. The van der Waals surface area contributed by atoms with Crippen LogP contribution in [-0.2, 0) is 24.7 Å². The van der Waals surface area contributed by atoms with Crippen LogP contribution in [0.3, 0.4) is 0 Å². The van der Waals surface area contributed by atoms with Crippen LogP contribution < -0.4 is 15.0 Å². The van der Waals surface area contributed by atoms with Crippen molar-refractivity contribution in [2.75, 3.05) is 16.8 Å². The Hall–Kier alpha value is -3.23. The lowest BCUT2D eigenvalue weighted by Crippen LogP contribution is -2.54. The first-order valence-corrected chi connectivity index (χ1v) is 11.7. The molecule has 4 aliphatic rings. The fourth-order valence-electron chi connectivity index (χ4n) is 6.52. The van der Waals surface area contributed by atoms with Gasteiger partial charge < -0.3 is 10.1 Å². The molecule has 34 heavy (non-hydrogen) atoms. The fourth-order valence-corrected chi connectivity index (χ4v) is 6.79. The maximum Gasteiger partial charge on any atom is 0.308 e. The highest BCUT2D eigenvalue weighted by Crippen LogP contribution is 2.61. The van der Waals surface area contributed by atoms with Crippen molar-refractivity contribution < 1.29 is 23.9 Å². The molecule has 4 atom stereocenters. The molecule has 0 radical (unpaired) electrons. The molecule has 0 aliphatic carbocycles. The van der Waals surface area contributed by atoms with Crippen LogP contribution in [0.15, 0.2) is 36.4 Å². The van der Waals surface area contributed by atoms with Gasteiger partial charge in [-0.2, -0.15) is 0 Å². The molecular weight excluding hydrogens is 458 g/mol. The molecule has 8 nitrogen and oxygen atoms in total. The number of esters is 1. The minimum atomic E-state index is -1.27. The Balaban J connectivity index is 1.48. The number of fused-ring (bicyclic) bond motifs is 7. The Labute approximate surface area is 200 Å².